The summed E-state index contributed by atoms with van der Waals surface area (Å²) in [5.41, 5.74) is 0.288. The zero-order valence-corrected chi connectivity index (χ0v) is 14.8. The van der Waals surface area contributed by atoms with Gasteiger partial charge in [-0.25, -0.2) is 0 Å². The van der Waals surface area contributed by atoms with Gasteiger partial charge in [0.25, 0.3) is 0 Å². The van der Waals surface area contributed by atoms with Crippen LogP contribution < -0.4 is 5.46 Å². The Balaban J connectivity index is 2.15. The summed E-state index contributed by atoms with van der Waals surface area (Å²) in [7, 11) is -0.402. The van der Waals surface area contributed by atoms with Gasteiger partial charge in [-0.3, -0.25) is 0 Å². The fourth-order valence-electron chi connectivity index (χ4n) is 3.03. The molecule has 2 aromatic rings. The molecule has 1 aliphatic heterocycles. The Labute approximate surface area is 138 Å². The second kappa shape index (κ2) is 5.07. The number of fused-ring (bicyclic) bond motifs is 1. The Morgan fingerprint density at radius 2 is 1.39 bits per heavy atom. The lowest BCUT2D eigenvalue weighted by Gasteiger charge is -2.32. The van der Waals surface area contributed by atoms with E-state index in [0.717, 1.165) is 21.8 Å². The minimum absolute atomic E-state index is 0.367. The summed E-state index contributed by atoms with van der Waals surface area (Å²) in [4.78, 5) is 0. The van der Waals surface area contributed by atoms with Gasteiger partial charge in [0.15, 0.2) is 0 Å². The molecule has 0 saturated carbocycles. The van der Waals surface area contributed by atoms with Crippen molar-refractivity contribution in [1.29, 1.82) is 0 Å². The van der Waals surface area contributed by atoms with E-state index in [2.05, 4.69) is 33.8 Å². The third-order valence-corrected chi connectivity index (χ3v) is 5.12. The lowest BCUT2D eigenvalue weighted by molar-refractivity contribution is 0.00578. The maximum Gasteiger partial charge on any atom is 0.495 e. The summed E-state index contributed by atoms with van der Waals surface area (Å²) in [6.07, 6.45) is 0. The molecule has 1 saturated heterocycles. The molecule has 2 aromatic carbocycles. The smallest absolute Gasteiger partial charge is 0.399 e. The van der Waals surface area contributed by atoms with Crippen molar-refractivity contribution in [1.82, 2.24) is 0 Å². The zero-order valence-electron chi connectivity index (χ0n) is 14.8. The van der Waals surface area contributed by atoms with Crippen molar-refractivity contribution in [3.63, 3.8) is 0 Å². The minimum atomic E-state index is -0.895. The van der Waals surface area contributed by atoms with Crippen LogP contribution in [0.2, 0.25) is 0 Å². The predicted octanol–water partition coefficient (Wildman–Crippen LogP) is 3.37. The number of hydrogen-bond donors (Lipinski definition) is 1. The molecule has 3 rings (SSSR count). The quantitative estimate of drug-likeness (QED) is 0.864. The van der Waals surface area contributed by atoms with Gasteiger partial charge < -0.3 is 14.4 Å². The average Bonchev–Trinajstić information content (AvgIpc) is 2.65. The van der Waals surface area contributed by atoms with E-state index in [1.54, 1.807) is 0 Å². The highest BCUT2D eigenvalue weighted by molar-refractivity contribution is 6.65. The fraction of sp³-hybridized carbons (Fsp3) is 0.474. The van der Waals surface area contributed by atoms with Gasteiger partial charge in [-0.15, -0.1) is 0 Å². The molecule has 1 N–H and O–H groups in total. The molecule has 0 spiro atoms. The number of benzene rings is 2. The van der Waals surface area contributed by atoms with Crippen LogP contribution in [-0.2, 0) is 14.9 Å². The van der Waals surface area contributed by atoms with E-state index in [1.165, 1.54) is 0 Å². The van der Waals surface area contributed by atoms with Crippen molar-refractivity contribution < 1.29 is 14.4 Å². The maximum atomic E-state index is 10.4. The van der Waals surface area contributed by atoms with Gasteiger partial charge in [0.05, 0.1) is 16.8 Å². The van der Waals surface area contributed by atoms with E-state index >= 15 is 0 Å². The van der Waals surface area contributed by atoms with Gasteiger partial charge in [-0.05, 0) is 63.3 Å². The van der Waals surface area contributed by atoms with Gasteiger partial charge in [-0.1, -0.05) is 36.4 Å². The van der Waals surface area contributed by atoms with E-state index in [9.17, 15) is 5.11 Å². The Hall–Kier alpha value is -1.36. The Morgan fingerprint density at radius 3 is 1.91 bits per heavy atom. The maximum absolute atomic E-state index is 10.4. The first-order valence-corrected chi connectivity index (χ1v) is 8.13. The van der Waals surface area contributed by atoms with Crippen LogP contribution in [0.25, 0.3) is 10.8 Å². The highest BCUT2D eigenvalue weighted by atomic mass is 16.7. The predicted molar refractivity (Wildman–Crippen MR) is 94.9 cm³/mol. The average molecular weight is 312 g/mol. The molecule has 1 aliphatic rings. The third kappa shape index (κ3) is 2.69. The molecular weight excluding hydrogens is 287 g/mol. The molecule has 0 bridgehead atoms. The third-order valence-electron chi connectivity index (χ3n) is 5.12. The monoisotopic (exact) mass is 312 g/mol. The van der Waals surface area contributed by atoms with Crippen molar-refractivity contribution in [3.8, 4) is 0 Å². The van der Waals surface area contributed by atoms with Crippen molar-refractivity contribution in [2.75, 3.05) is 0 Å². The van der Waals surface area contributed by atoms with Crippen LogP contribution in [0.5, 0.6) is 0 Å². The van der Waals surface area contributed by atoms with Gasteiger partial charge in [0.1, 0.15) is 0 Å². The van der Waals surface area contributed by atoms with Crippen molar-refractivity contribution in [2.45, 2.75) is 58.3 Å². The second-order valence-electron chi connectivity index (χ2n) is 7.90. The highest BCUT2D eigenvalue weighted by Gasteiger charge is 2.52. The molecule has 1 fully saturated rings. The molecule has 0 radical (unpaired) electrons. The molecular formula is C19H25BO3. The standard InChI is InChI=1S/C19H25BO3/c1-17(2,21)15-11-12-16(14-10-8-7-9-13(14)15)20-22-18(3,4)19(5,6)23-20/h7-12,21H,1-6H3. The van der Waals surface area contributed by atoms with Gasteiger partial charge in [-0.2, -0.15) is 0 Å². The number of hydrogen-bond acceptors (Lipinski definition) is 3. The molecule has 122 valence electrons. The van der Waals surface area contributed by atoms with Crippen LogP contribution in [-0.4, -0.2) is 23.4 Å². The summed E-state index contributed by atoms with van der Waals surface area (Å²) in [5.74, 6) is 0. The van der Waals surface area contributed by atoms with Gasteiger partial charge >= 0.3 is 7.12 Å². The molecule has 23 heavy (non-hydrogen) atoms. The lowest BCUT2D eigenvalue weighted by atomic mass is 9.74. The second-order valence-corrected chi connectivity index (χ2v) is 7.90. The summed E-state index contributed by atoms with van der Waals surface area (Å²) in [6, 6.07) is 12.1. The van der Waals surface area contributed by atoms with Crippen molar-refractivity contribution in [3.05, 3.63) is 42.0 Å². The van der Waals surface area contributed by atoms with Crippen LogP contribution in [0.1, 0.15) is 47.1 Å². The number of rotatable bonds is 2. The van der Waals surface area contributed by atoms with E-state index in [4.69, 9.17) is 9.31 Å². The van der Waals surface area contributed by atoms with Gasteiger partial charge in [0, 0.05) is 0 Å². The normalized spacial score (nSPS) is 20.2. The largest absolute Gasteiger partial charge is 0.495 e. The fourth-order valence-corrected chi connectivity index (χ4v) is 3.03. The summed E-state index contributed by atoms with van der Waals surface area (Å²) >= 11 is 0. The summed E-state index contributed by atoms with van der Waals surface area (Å²) in [5, 5.41) is 12.5. The first-order chi connectivity index (χ1) is 10.5. The van der Waals surface area contributed by atoms with E-state index in [1.807, 2.05) is 44.2 Å². The Kier molecular flexibility index (Phi) is 3.64. The molecule has 3 nitrogen and oxygen atoms in total. The first kappa shape index (κ1) is 16.5. The lowest BCUT2D eigenvalue weighted by Crippen LogP contribution is -2.41. The molecule has 0 aliphatic carbocycles. The van der Waals surface area contributed by atoms with Gasteiger partial charge in [0.2, 0.25) is 0 Å². The number of aliphatic hydroxyl groups is 1. The molecule has 1 heterocycles. The molecule has 0 aromatic heterocycles. The van der Waals surface area contributed by atoms with Crippen LogP contribution in [0.3, 0.4) is 0 Å². The minimum Gasteiger partial charge on any atom is -0.399 e. The SMILES string of the molecule is CC(C)(O)c1ccc(B2OC(C)(C)C(C)(C)O2)c2ccccc12. The molecule has 4 heteroatoms. The van der Waals surface area contributed by atoms with E-state index < -0.39 is 12.7 Å². The van der Waals surface area contributed by atoms with E-state index in [-0.39, 0.29) is 11.2 Å². The molecule has 0 unspecified atom stereocenters. The van der Waals surface area contributed by atoms with Crippen LogP contribution in [0.4, 0.5) is 0 Å². The molecule has 0 amide bonds. The molecule has 0 atom stereocenters. The summed E-state index contributed by atoms with van der Waals surface area (Å²) in [6.45, 7) is 11.8. The highest BCUT2D eigenvalue weighted by Crippen LogP contribution is 2.37. The topological polar surface area (TPSA) is 38.7 Å². The Morgan fingerprint density at radius 1 is 0.870 bits per heavy atom. The van der Waals surface area contributed by atoms with E-state index in [0.29, 0.717) is 0 Å². The van der Waals surface area contributed by atoms with Crippen molar-refractivity contribution >= 4 is 23.4 Å². The van der Waals surface area contributed by atoms with Crippen LogP contribution in [0, 0.1) is 0 Å². The van der Waals surface area contributed by atoms with Crippen molar-refractivity contribution in [2.24, 2.45) is 0 Å². The van der Waals surface area contributed by atoms with Crippen LogP contribution >= 0.6 is 0 Å². The summed E-state index contributed by atoms with van der Waals surface area (Å²) < 4.78 is 12.4. The first-order valence-electron chi connectivity index (χ1n) is 8.13. The van der Waals surface area contributed by atoms with Crippen LogP contribution in [0.15, 0.2) is 36.4 Å². The Bertz CT molecular complexity index is 728. The zero-order chi connectivity index (χ0) is 17.0.